The number of hydrogen-bond donors (Lipinski definition) is 5. The third kappa shape index (κ3) is 15.3. The summed E-state index contributed by atoms with van der Waals surface area (Å²) in [5.74, 6) is -0.877. The number of amides is 6. The standard InChI is InChI=1S/C37H58N10O9S/c1-21-40-24(19-46(21)12)30(50)47-18-22(41-32(51)54-35(2,3)4)17-26(47)29-43-25(20-57-29)28(49)42-23(27(48)38-11)15-13-14-16-39-31(44-33(52)55-36(5,6)7)45-34(53)56-37(8,9)10/h19-20,22-23,26H,13-18H2,1-12H3,(H,38,48)(H,41,51)(H,42,49)(H2,39,44,45,52,53)/t22-,23+,26+/m1/s1. The fourth-order valence-electron chi connectivity index (χ4n) is 5.46. The maximum Gasteiger partial charge on any atom is 0.414 e. The van der Waals surface area contributed by atoms with E-state index in [1.165, 1.54) is 18.4 Å². The Hall–Kier alpha value is -5.27. The lowest BCUT2D eigenvalue weighted by Gasteiger charge is -2.22. The topological polar surface area (TPSA) is 237 Å². The van der Waals surface area contributed by atoms with Gasteiger partial charge >= 0.3 is 18.3 Å². The van der Waals surface area contributed by atoms with Gasteiger partial charge in [-0.3, -0.25) is 30.0 Å². The van der Waals surface area contributed by atoms with Gasteiger partial charge in [-0.05, 0) is 94.9 Å². The van der Waals surface area contributed by atoms with Crippen molar-refractivity contribution in [2.24, 2.45) is 12.0 Å². The minimum atomic E-state index is -0.921. The molecule has 0 aromatic carbocycles. The average Bonchev–Trinajstić information content (AvgIpc) is 3.79. The zero-order valence-electron chi connectivity index (χ0n) is 34.9. The van der Waals surface area contributed by atoms with E-state index in [0.29, 0.717) is 30.1 Å². The normalized spacial score (nSPS) is 16.2. The first-order valence-electron chi connectivity index (χ1n) is 18.7. The molecule has 0 bridgehead atoms. The van der Waals surface area contributed by atoms with Crippen molar-refractivity contribution >= 4 is 53.3 Å². The van der Waals surface area contributed by atoms with Crippen LogP contribution in [0.3, 0.4) is 0 Å². The number of nitrogens with zero attached hydrogens (tertiary/aromatic N) is 5. The molecule has 57 heavy (non-hydrogen) atoms. The Morgan fingerprint density at radius 2 is 1.46 bits per heavy atom. The molecule has 0 spiro atoms. The number of aryl methyl sites for hydroxylation is 2. The summed E-state index contributed by atoms with van der Waals surface area (Å²) in [7, 11) is 3.24. The zero-order valence-corrected chi connectivity index (χ0v) is 35.8. The summed E-state index contributed by atoms with van der Waals surface area (Å²) < 4.78 is 17.7. The fraction of sp³-hybridized carbons (Fsp3) is 0.649. The van der Waals surface area contributed by atoms with Crippen molar-refractivity contribution in [3.05, 3.63) is 33.8 Å². The number of carbonyl (C=O) groups excluding carboxylic acids is 6. The van der Waals surface area contributed by atoms with Gasteiger partial charge in [0.15, 0.2) is 0 Å². The van der Waals surface area contributed by atoms with E-state index >= 15 is 0 Å². The number of rotatable bonds is 11. The summed E-state index contributed by atoms with van der Waals surface area (Å²) in [5, 5.41) is 15.0. The predicted molar refractivity (Wildman–Crippen MR) is 212 cm³/mol. The van der Waals surface area contributed by atoms with Crippen LogP contribution in [0, 0.1) is 6.92 Å². The number of unbranched alkanes of at least 4 members (excludes halogenated alkanes) is 1. The van der Waals surface area contributed by atoms with E-state index in [0.717, 1.165) is 0 Å². The molecule has 6 amide bonds. The van der Waals surface area contributed by atoms with Crippen molar-refractivity contribution < 1.29 is 43.0 Å². The Bertz CT molecular complexity index is 1750. The SMILES string of the molecule is CNC(=O)[C@H](CCCCN=C(NC(=O)OC(C)(C)C)NC(=O)OC(C)(C)C)NC(=O)c1csc([C@@H]2C[C@@H](NC(=O)OC(C)(C)C)CN2C(=O)c2cn(C)c(C)n2)n1. The number of hydrogen-bond acceptors (Lipinski definition) is 13. The van der Waals surface area contributed by atoms with Crippen molar-refractivity contribution in [3.8, 4) is 0 Å². The van der Waals surface area contributed by atoms with E-state index in [9.17, 15) is 28.8 Å². The lowest BCUT2D eigenvalue weighted by Crippen LogP contribution is -2.47. The van der Waals surface area contributed by atoms with Gasteiger partial charge in [0.2, 0.25) is 11.9 Å². The van der Waals surface area contributed by atoms with Crippen LogP contribution >= 0.6 is 11.3 Å². The summed E-state index contributed by atoms with van der Waals surface area (Å²) in [6, 6.07) is -1.96. The van der Waals surface area contributed by atoms with Gasteiger partial charge in [-0.1, -0.05) is 0 Å². The molecule has 0 aliphatic carbocycles. The van der Waals surface area contributed by atoms with Crippen molar-refractivity contribution in [1.29, 1.82) is 0 Å². The average molecular weight is 819 g/mol. The Morgan fingerprint density at radius 3 is 1.98 bits per heavy atom. The summed E-state index contributed by atoms with van der Waals surface area (Å²) in [6.45, 7) is 17.5. The number of carbonyl (C=O) groups is 6. The summed E-state index contributed by atoms with van der Waals surface area (Å²) in [4.78, 5) is 92.3. The Morgan fingerprint density at radius 1 is 0.877 bits per heavy atom. The van der Waals surface area contributed by atoms with Gasteiger partial charge in [0, 0.05) is 38.8 Å². The van der Waals surface area contributed by atoms with Gasteiger partial charge in [0.25, 0.3) is 11.8 Å². The zero-order chi connectivity index (χ0) is 42.9. The van der Waals surface area contributed by atoms with Crippen molar-refractivity contribution in [2.45, 2.75) is 130 Å². The van der Waals surface area contributed by atoms with E-state index in [-0.39, 0.29) is 42.8 Å². The maximum absolute atomic E-state index is 13.7. The van der Waals surface area contributed by atoms with Crippen LogP contribution in [0.2, 0.25) is 0 Å². The summed E-state index contributed by atoms with van der Waals surface area (Å²) in [5.41, 5.74) is -2.00. The minimum Gasteiger partial charge on any atom is -0.444 e. The van der Waals surface area contributed by atoms with Crippen LogP contribution in [0.15, 0.2) is 16.6 Å². The molecular weight excluding hydrogens is 761 g/mol. The monoisotopic (exact) mass is 818 g/mol. The molecule has 2 aromatic rings. The van der Waals surface area contributed by atoms with Crippen molar-refractivity contribution in [1.82, 2.24) is 46.0 Å². The van der Waals surface area contributed by atoms with E-state index in [1.54, 1.807) is 97.3 Å². The molecule has 1 saturated heterocycles. The number of thiazole rings is 1. The number of nitrogens with one attached hydrogen (secondary N) is 5. The van der Waals surface area contributed by atoms with E-state index in [2.05, 4.69) is 41.5 Å². The molecule has 1 fully saturated rings. The first kappa shape index (κ1) is 46.1. The highest BCUT2D eigenvalue weighted by atomic mass is 32.1. The molecule has 3 rings (SSSR count). The van der Waals surface area contributed by atoms with Crippen LogP contribution < -0.4 is 26.6 Å². The van der Waals surface area contributed by atoms with E-state index in [4.69, 9.17) is 14.2 Å². The molecule has 0 unspecified atom stereocenters. The lowest BCUT2D eigenvalue weighted by atomic mass is 10.1. The van der Waals surface area contributed by atoms with Gasteiger partial charge in [0.1, 0.15) is 45.1 Å². The molecule has 0 radical (unpaired) electrons. The number of aromatic nitrogens is 3. The largest absolute Gasteiger partial charge is 0.444 e. The molecule has 5 N–H and O–H groups in total. The summed E-state index contributed by atoms with van der Waals surface area (Å²) in [6.07, 6.45) is 0.770. The predicted octanol–water partition coefficient (Wildman–Crippen LogP) is 4.09. The lowest BCUT2D eigenvalue weighted by molar-refractivity contribution is -0.122. The third-order valence-electron chi connectivity index (χ3n) is 7.93. The number of likely N-dealkylation sites (tertiary alicyclic amines) is 1. The molecule has 1 aliphatic rings. The van der Waals surface area contributed by atoms with Crippen LogP contribution in [-0.2, 0) is 26.1 Å². The molecule has 1 aliphatic heterocycles. The van der Waals surface area contributed by atoms with E-state index < -0.39 is 65.0 Å². The number of ether oxygens (including phenoxy) is 3. The Kier molecular flexibility index (Phi) is 15.6. The van der Waals surface area contributed by atoms with Crippen LogP contribution in [0.4, 0.5) is 14.4 Å². The number of aliphatic imine (C=N–C) groups is 1. The molecule has 20 heteroatoms. The van der Waals surface area contributed by atoms with Gasteiger partial charge in [0.05, 0.1) is 12.1 Å². The molecule has 3 heterocycles. The molecule has 316 valence electrons. The second kappa shape index (κ2) is 19.3. The second-order valence-electron chi connectivity index (χ2n) is 16.5. The van der Waals surface area contributed by atoms with Crippen molar-refractivity contribution in [2.75, 3.05) is 20.1 Å². The highest BCUT2D eigenvalue weighted by Crippen LogP contribution is 2.35. The smallest absolute Gasteiger partial charge is 0.414 e. The van der Waals surface area contributed by atoms with Gasteiger partial charge in [-0.15, -0.1) is 11.3 Å². The molecule has 19 nitrogen and oxygen atoms in total. The maximum atomic E-state index is 13.7. The molecule has 2 aromatic heterocycles. The number of alkyl carbamates (subject to hydrolysis) is 3. The van der Waals surface area contributed by atoms with Crippen LogP contribution in [0.25, 0.3) is 0 Å². The van der Waals surface area contributed by atoms with E-state index in [1.807, 2.05) is 0 Å². The highest BCUT2D eigenvalue weighted by Gasteiger charge is 2.40. The van der Waals surface area contributed by atoms with Gasteiger partial charge in [-0.2, -0.15) is 0 Å². The van der Waals surface area contributed by atoms with Gasteiger partial charge < -0.3 is 39.6 Å². The van der Waals surface area contributed by atoms with Crippen molar-refractivity contribution in [3.63, 3.8) is 0 Å². The quantitative estimate of drug-likeness (QED) is 0.0937. The molecule has 3 atom stereocenters. The Labute approximate surface area is 337 Å². The first-order chi connectivity index (χ1) is 26.3. The van der Waals surface area contributed by atoms with Crippen LogP contribution in [0.1, 0.15) is 126 Å². The fourth-order valence-corrected chi connectivity index (χ4v) is 6.39. The molecular formula is C37H58N10O9S. The third-order valence-corrected chi connectivity index (χ3v) is 8.87. The van der Waals surface area contributed by atoms with Crippen LogP contribution in [-0.4, -0.2) is 110 Å². The second-order valence-corrected chi connectivity index (χ2v) is 17.4. The first-order valence-corrected chi connectivity index (χ1v) is 19.5. The number of imidazole rings is 1. The molecule has 0 saturated carbocycles. The highest BCUT2D eigenvalue weighted by molar-refractivity contribution is 7.09. The summed E-state index contributed by atoms with van der Waals surface area (Å²) >= 11 is 1.18. The number of likely N-dealkylation sites (N-methyl/N-ethyl adjacent to an activating group) is 1. The Balaban J connectivity index is 1.70. The van der Waals surface area contributed by atoms with Gasteiger partial charge in [-0.25, -0.2) is 24.4 Å². The minimum absolute atomic E-state index is 0.0595. The number of guanidine groups is 1. The van der Waals surface area contributed by atoms with Crippen LogP contribution in [0.5, 0.6) is 0 Å².